The molecule has 0 N–H and O–H groups in total. The molecule has 2 nitrogen and oxygen atoms in total. The zero-order valence-corrected chi connectivity index (χ0v) is 16.1. The minimum atomic E-state index is 0.636. The SMILES string of the molecule is CCCCCCCCCCCC1CCCC(C)N1c1ccccn1. The maximum atomic E-state index is 4.62. The van der Waals surface area contributed by atoms with Crippen LogP contribution in [-0.2, 0) is 0 Å². The molecule has 1 saturated heterocycles. The zero-order chi connectivity index (χ0) is 17.0. The van der Waals surface area contributed by atoms with E-state index in [0.29, 0.717) is 12.1 Å². The van der Waals surface area contributed by atoms with E-state index < -0.39 is 0 Å². The van der Waals surface area contributed by atoms with Crippen LogP contribution in [0.1, 0.15) is 97.3 Å². The summed E-state index contributed by atoms with van der Waals surface area (Å²) in [5.74, 6) is 1.19. The second-order valence-electron chi connectivity index (χ2n) is 7.65. The van der Waals surface area contributed by atoms with Gasteiger partial charge in [-0.2, -0.15) is 0 Å². The molecule has 0 amide bonds. The van der Waals surface area contributed by atoms with Gasteiger partial charge in [-0.05, 0) is 44.7 Å². The highest BCUT2D eigenvalue weighted by atomic mass is 15.2. The highest BCUT2D eigenvalue weighted by molar-refractivity contribution is 5.41. The lowest BCUT2D eigenvalue weighted by Crippen LogP contribution is -2.45. The van der Waals surface area contributed by atoms with Crippen LogP contribution >= 0.6 is 0 Å². The van der Waals surface area contributed by atoms with Crippen molar-refractivity contribution in [2.24, 2.45) is 0 Å². The fraction of sp³-hybridized carbons (Fsp3) is 0.773. The summed E-state index contributed by atoms with van der Waals surface area (Å²) >= 11 is 0. The Hall–Kier alpha value is -1.05. The summed E-state index contributed by atoms with van der Waals surface area (Å²) in [6.07, 6.45) is 20.1. The van der Waals surface area contributed by atoms with Gasteiger partial charge in [0.05, 0.1) is 0 Å². The molecule has 1 aromatic heterocycles. The fourth-order valence-electron chi connectivity index (χ4n) is 4.18. The summed E-state index contributed by atoms with van der Waals surface area (Å²) in [5.41, 5.74) is 0. The first kappa shape index (κ1) is 19.3. The van der Waals surface area contributed by atoms with E-state index in [0.717, 1.165) is 0 Å². The number of nitrogens with zero attached hydrogens (tertiary/aromatic N) is 2. The van der Waals surface area contributed by atoms with E-state index in [9.17, 15) is 0 Å². The third-order valence-corrected chi connectivity index (χ3v) is 5.58. The highest BCUT2D eigenvalue weighted by Gasteiger charge is 2.28. The summed E-state index contributed by atoms with van der Waals surface area (Å²) in [6, 6.07) is 7.67. The summed E-state index contributed by atoms with van der Waals surface area (Å²) in [7, 11) is 0. The van der Waals surface area contributed by atoms with Gasteiger partial charge in [-0.1, -0.05) is 70.8 Å². The van der Waals surface area contributed by atoms with Gasteiger partial charge in [-0.15, -0.1) is 0 Å². The summed E-state index contributed by atoms with van der Waals surface area (Å²) in [5, 5.41) is 0. The van der Waals surface area contributed by atoms with Crippen molar-refractivity contribution in [2.45, 2.75) is 109 Å². The van der Waals surface area contributed by atoms with Crippen molar-refractivity contribution in [1.29, 1.82) is 0 Å². The molecule has 0 aromatic carbocycles. The lowest BCUT2D eigenvalue weighted by Gasteiger charge is -2.42. The molecular weight excluding hydrogens is 292 g/mol. The maximum Gasteiger partial charge on any atom is 0.128 e. The van der Waals surface area contributed by atoms with Gasteiger partial charge < -0.3 is 4.90 Å². The summed E-state index contributed by atoms with van der Waals surface area (Å²) in [4.78, 5) is 7.23. The molecule has 136 valence electrons. The van der Waals surface area contributed by atoms with Crippen molar-refractivity contribution in [3.05, 3.63) is 24.4 Å². The number of hydrogen-bond donors (Lipinski definition) is 0. The molecule has 1 fully saturated rings. The molecule has 0 aliphatic carbocycles. The molecule has 0 bridgehead atoms. The normalized spacial score (nSPS) is 21.2. The molecule has 2 heterocycles. The fourth-order valence-corrected chi connectivity index (χ4v) is 4.18. The van der Waals surface area contributed by atoms with Gasteiger partial charge in [0.1, 0.15) is 5.82 Å². The van der Waals surface area contributed by atoms with Crippen molar-refractivity contribution < 1.29 is 0 Å². The van der Waals surface area contributed by atoms with E-state index in [4.69, 9.17) is 0 Å². The van der Waals surface area contributed by atoms with Crippen molar-refractivity contribution >= 4 is 5.82 Å². The Morgan fingerprint density at radius 3 is 2.33 bits per heavy atom. The van der Waals surface area contributed by atoms with Crippen LogP contribution in [0.15, 0.2) is 24.4 Å². The number of rotatable bonds is 11. The Labute approximate surface area is 150 Å². The van der Waals surface area contributed by atoms with Crippen molar-refractivity contribution in [1.82, 2.24) is 4.98 Å². The largest absolute Gasteiger partial charge is 0.351 e. The average molecular weight is 331 g/mol. The van der Waals surface area contributed by atoms with Crippen LogP contribution in [0.3, 0.4) is 0 Å². The number of anilines is 1. The van der Waals surface area contributed by atoms with Gasteiger partial charge in [-0.3, -0.25) is 0 Å². The minimum Gasteiger partial charge on any atom is -0.351 e. The second-order valence-corrected chi connectivity index (χ2v) is 7.65. The summed E-state index contributed by atoms with van der Waals surface area (Å²) in [6.45, 7) is 4.66. The Balaban J connectivity index is 1.67. The molecule has 24 heavy (non-hydrogen) atoms. The van der Waals surface area contributed by atoms with E-state index in [2.05, 4.69) is 35.9 Å². The predicted molar refractivity (Wildman–Crippen MR) is 106 cm³/mol. The smallest absolute Gasteiger partial charge is 0.128 e. The van der Waals surface area contributed by atoms with Gasteiger partial charge >= 0.3 is 0 Å². The number of piperidine rings is 1. The molecule has 1 aliphatic rings. The first-order chi connectivity index (χ1) is 11.8. The van der Waals surface area contributed by atoms with E-state index in [1.807, 2.05) is 12.3 Å². The van der Waals surface area contributed by atoms with Crippen LogP contribution < -0.4 is 4.90 Å². The van der Waals surface area contributed by atoms with E-state index in [1.165, 1.54) is 89.3 Å². The average Bonchev–Trinajstić information content (AvgIpc) is 2.61. The molecule has 2 unspecified atom stereocenters. The molecule has 2 rings (SSSR count). The molecule has 0 spiro atoms. The monoisotopic (exact) mass is 330 g/mol. The molecule has 2 heteroatoms. The van der Waals surface area contributed by atoms with Crippen LogP contribution in [0.2, 0.25) is 0 Å². The number of aromatic nitrogens is 1. The van der Waals surface area contributed by atoms with Crippen LogP contribution in [0.5, 0.6) is 0 Å². The van der Waals surface area contributed by atoms with Gasteiger partial charge in [0, 0.05) is 18.3 Å². The van der Waals surface area contributed by atoms with Crippen molar-refractivity contribution in [2.75, 3.05) is 4.90 Å². The van der Waals surface area contributed by atoms with Gasteiger partial charge in [0.2, 0.25) is 0 Å². The number of unbranched alkanes of at least 4 members (excludes halogenated alkanes) is 8. The molecule has 0 radical (unpaired) electrons. The van der Waals surface area contributed by atoms with Gasteiger partial charge in [0.15, 0.2) is 0 Å². The molecule has 1 aromatic rings. The number of hydrogen-bond acceptors (Lipinski definition) is 2. The van der Waals surface area contributed by atoms with Crippen LogP contribution in [0, 0.1) is 0 Å². The Bertz CT molecular complexity index is 417. The molecule has 0 saturated carbocycles. The van der Waals surface area contributed by atoms with Gasteiger partial charge in [0.25, 0.3) is 0 Å². The van der Waals surface area contributed by atoms with Gasteiger partial charge in [-0.25, -0.2) is 4.98 Å². The van der Waals surface area contributed by atoms with Crippen LogP contribution in [-0.4, -0.2) is 17.1 Å². The van der Waals surface area contributed by atoms with E-state index in [1.54, 1.807) is 0 Å². The van der Waals surface area contributed by atoms with E-state index >= 15 is 0 Å². The van der Waals surface area contributed by atoms with Crippen LogP contribution in [0.4, 0.5) is 5.82 Å². The second kappa shape index (κ2) is 11.5. The Morgan fingerprint density at radius 1 is 0.958 bits per heavy atom. The lowest BCUT2D eigenvalue weighted by atomic mass is 9.92. The quantitative estimate of drug-likeness (QED) is 0.417. The third-order valence-electron chi connectivity index (χ3n) is 5.58. The standard InChI is InChI=1S/C22H38N2/c1-3-4-5-6-7-8-9-10-11-16-21-17-14-15-20(2)24(21)22-18-12-13-19-23-22/h12-13,18-21H,3-11,14-17H2,1-2H3. The minimum absolute atomic E-state index is 0.636. The maximum absolute atomic E-state index is 4.62. The Morgan fingerprint density at radius 2 is 1.67 bits per heavy atom. The third kappa shape index (κ3) is 6.45. The molecule has 2 atom stereocenters. The molecular formula is C22H38N2. The topological polar surface area (TPSA) is 16.1 Å². The number of pyridine rings is 1. The first-order valence-corrected chi connectivity index (χ1v) is 10.5. The van der Waals surface area contributed by atoms with Crippen LogP contribution in [0.25, 0.3) is 0 Å². The first-order valence-electron chi connectivity index (χ1n) is 10.5. The van der Waals surface area contributed by atoms with Crippen molar-refractivity contribution in [3.63, 3.8) is 0 Å². The molecule has 1 aliphatic heterocycles. The lowest BCUT2D eigenvalue weighted by molar-refractivity contribution is 0.368. The zero-order valence-electron chi connectivity index (χ0n) is 16.1. The highest BCUT2D eigenvalue weighted by Crippen LogP contribution is 2.30. The van der Waals surface area contributed by atoms with E-state index in [-0.39, 0.29) is 0 Å². The summed E-state index contributed by atoms with van der Waals surface area (Å²) < 4.78 is 0. The van der Waals surface area contributed by atoms with Crippen molar-refractivity contribution in [3.8, 4) is 0 Å². The Kier molecular flexibility index (Phi) is 9.23. The predicted octanol–water partition coefficient (Wildman–Crippen LogP) is 6.75.